The van der Waals surface area contributed by atoms with Crippen LogP contribution in [0.25, 0.3) is 0 Å². The van der Waals surface area contributed by atoms with Crippen LogP contribution in [-0.4, -0.2) is 6.54 Å². The molecule has 0 spiro atoms. The van der Waals surface area contributed by atoms with E-state index in [4.69, 9.17) is 6.42 Å². The number of hydrogen-bond donors (Lipinski definition) is 1. The minimum Gasteiger partial charge on any atom is -0.300 e. The second kappa shape index (κ2) is 4.69. The van der Waals surface area contributed by atoms with E-state index in [0.717, 1.165) is 0 Å². The average molecular weight is 173 g/mol. The Morgan fingerprint density at radius 2 is 2.00 bits per heavy atom. The van der Waals surface area contributed by atoms with Crippen LogP contribution in [0, 0.1) is 19.3 Å². The molecule has 0 aliphatic heterocycles. The van der Waals surface area contributed by atoms with Crippen molar-refractivity contribution in [3.05, 3.63) is 35.4 Å². The Hall–Kier alpha value is -1.26. The van der Waals surface area contributed by atoms with Crippen LogP contribution in [0.15, 0.2) is 24.3 Å². The van der Waals surface area contributed by atoms with Crippen LogP contribution in [0.3, 0.4) is 0 Å². The van der Waals surface area contributed by atoms with Gasteiger partial charge in [-0.25, -0.2) is 0 Å². The van der Waals surface area contributed by atoms with Crippen LogP contribution >= 0.6 is 0 Å². The number of nitrogens with one attached hydrogen (secondary N) is 1. The van der Waals surface area contributed by atoms with Gasteiger partial charge in [0.05, 0.1) is 6.54 Å². The highest BCUT2D eigenvalue weighted by Gasteiger charge is 2.01. The summed E-state index contributed by atoms with van der Waals surface area (Å²) >= 11 is 0. The molecule has 1 heteroatoms. The molecule has 13 heavy (non-hydrogen) atoms. The maximum atomic E-state index is 5.17. The number of terminal acetylenes is 1. The van der Waals surface area contributed by atoms with E-state index in [1.54, 1.807) is 0 Å². The first-order chi connectivity index (χ1) is 6.24. The Bertz CT molecular complexity index is 292. The van der Waals surface area contributed by atoms with Crippen molar-refractivity contribution in [2.75, 3.05) is 6.54 Å². The Morgan fingerprint density at radius 1 is 1.38 bits per heavy atom. The third kappa shape index (κ3) is 2.93. The summed E-state index contributed by atoms with van der Waals surface area (Å²) in [4.78, 5) is 0. The third-order valence-electron chi connectivity index (χ3n) is 2.09. The van der Waals surface area contributed by atoms with Crippen molar-refractivity contribution >= 4 is 0 Å². The van der Waals surface area contributed by atoms with Gasteiger partial charge >= 0.3 is 0 Å². The molecule has 0 saturated heterocycles. The number of rotatable bonds is 3. The smallest absolute Gasteiger partial charge is 0.0578 e. The van der Waals surface area contributed by atoms with Gasteiger partial charge in [0.1, 0.15) is 0 Å². The minimum atomic E-state index is 0.330. The molecular weight excluding hydrogens is 158 g/mol. The van der Waals surface area contributed by atoms with Crippen molar-refractivity contribution in [2.24, 2.45) is 0 Å². The molecule has 1 aromatic carbocycles. The standard InChI is InChI=1S/C12H15N/c1-4-9-13-11(3)12-7-5-10(2)6-8-12/h1,5-8,11,13H,9H2,2-3H3/t11-/m0/s1. The maximum Gasteiger partial charge on any atom is 0.0578 e. The predicted molar refractivity (Wildman–Crippen MR) is 56.4 cm³/mol. The van der Waals surface area contributed by atoms with Crippen molar-refractivity contribution in [1.82, 2.24) is 5.32 Å². The van der Waals surface area contributed by atoms with Gasteiger partial charge in [0.2, 0.25) is 0 Å². The van der Waals surface area contributed by atoms with E-state index in [1.165, 1.54) is 11.1 Å². The van der Waals surface area contributed by atoms with E-state index in [2.05, 4.69) is 49.4 Å². The first kappa shape index (κ1) is 9.83. The summed E-state index contributed by atoms with van der Waals surface area (Å²) in [5.74, 6) is 2.57. The van der Waals surface area contributed by atoms with Gasteiger partial charge in [-0.2, -0.15) is 0 Å². The topological polar surface area (TPSA) is 12.0 Å². The van der Waals surface area contributed by atoms with Gasteiger partial charge in [-0.15, -0.1) is 6.42 Å². The molecular formula is C12H15N. The highest BCUT2D eigenvalue weighted by atomic mass is 14.9. The molecule has 1 aromatic rings. The van der Waals surface area contributed by atoms with Crippen molar-refractivity contribution in [2.45, 2.75) is 19.9 Å². The van der Waals surface area contributed by atoms with E-state index >= 15 is 0 Å². The van der Waals surface area contributed by atoms with Crippen LogP contribution in [0.2, 0.25) is 0 Å². The molecule has 0 radical (unpaired) electrons. The van der Waals surface area contributed by atoms with Crippen LogP contribution in [-0.2, 0) is 0 Å². The fourth-order valence-electron chi connectivity index (χ4n) is 1.18. The Morgan fingerprint density at radius 3 is 2.54 bits per heavy atom. The lowest BCUT2D eigenvalue weighted by molar-refractivity contribution is 0.623. The molecule has 0 amide bonds. The average Bonchev–Trinajstić information content (AvgIpc) is 2.15. The van der Waals surface area contributed by atoms with Crippen LogP contribution < -0.4 is 5.32 Å². The van der Waals surface area contributed by atoms with Crippen molar-refractivity contribution in [3.63, 3.8) is 0 Å². The van der Waals surface area contributed by atoms with Crippen molar-refractivity contribution in [1.29, 1.82) is 0 Å². The minimum absolute atomic E-state index is 0.330. The lowest BCUT2D eigenvalue weighted by Crippen LogP contribution is -2.18. The zero-order valence-electron chi connectivity index (χ0n) is 8.17. The van der Waals surface area contributed by atoms with Crippen molar-refractivity contribution in [3.8, 4) is 12.3 Å². The molecule has 68 valence electrons. The van der Waals surface area contributed by atoms with E-state index in [-0.39, 0.29) is 0 Å². The molecule has 1 N–H and O–H groups in total. The summed E-state index contributed by atoms with van der Waals surface area (Å²) < 4.78 is 0. The fourth-order valence-corrected chi connectivity index (χ4v) is 1.18. The van der Waals surface area contributed by atoms with Gasteiger partial charge in [0, 0.05) is 6.04 Å². The third-order valence-corrected chi connectivity index (χ3v) is 2.09. The van der Waals surface area contributed by atoms with Gasteiger partial charge in [-0.05, 0) is 19.4 Å². The zero-order valence-corrected chi connectivity index (χ0v) is 8.17. The largest absolute Gasteiger partial charge is 0.300 e. The van der Waals surface area contributed by atoms with E-state index in [9.17, 15) is 0 Å². The first-order valence-corrected chi connectivity index (χ1v) is 4.47. The van der Waals surface area contributed by atoms with Gasteiger partial charge in [-0.3, -0.25) is 5.32 Å². The SMILES string of the molecule is C#CCN[C@@H](C)c1ccc(C)cc1. The molecule has 1 nitrogen and oxygen atoms in total. The molecule has 0 fully saturated rings. The molecule has 0 unspecified atom stereocenters. The maximum absolute atomic E-state index is 5.17. The first-order valence-electron chi connectivity index (χ1n) is 4.47. The summed E-state index contributed by atoms with van der Waals surface area (Å²) in [5.41, 5.74) is 2.56. The Labute approximate surface area is 80.2 Å². The molecule has 0 aliphatic carbocycles. The summed E-state index contributed by atoms with van der Waals surface area (Å²) in [5, 5.41) is 3.23. The normalized spacial score (nSPS) is 12.1. The molecule has 0 bridgehead atoms. The monoisotopic (exact) mass is 173 g/mol. The molecule has 0 aliphatic rings. The van der Waals surface area contributed by atoms with Crippen LogP contribution in [0.5, 0.6) is 0 Å². The highest BCUT2D eigenvalue weighted by molar-refractivity contribution is 5.23. The molecule has 0 saturated carbocycles. The molecule has 1 rings (SSSR count). The lowest BCUT2D eigenvalue weighted by Gasteiger charge is -2.11. The van der Waals surface area contributed by atoms with E-state index in [0.29, 0.717) is 12.6 Å². The highest BCUT2D eigenvalue weighted by Crippen LogP contribution is 2.12. The fraction of sp³-hybridized carbons (Fsp3) is 0.333. The summed E-state index contributed by atoms with van der Waals surface area (Å²) in [7, 11) is 0. The van der Waals surface area contributed by atoms with Gasteiger partial charge < -0.3 is 0 Å². The van der Waals surface area contributed by atoms with Gasteiger partial charge in [-0.1, -0.05) is 35.7 Å². The Balaban J connectivity index is 2.62. The second-order valence-corrected chi connectivity index (χ2v) is 3.22. The Kier molecular flexibility index (Phi) is 3.54. The molecule has 1 atom stereocenters. The molecule has 0 heterocycles. The quantitative estimate of drug-likeness (QED) is 0.691. The van der Waals surface area contributed by atoms with Crippen LogP contribution in [0.4, 0.5) is 0 Å². The van der Waals surface area contributed by atoms with E-state index < -0.39 is 0 Å². The second-order valence-electron chi connectivity index (χ2n) is 3.22. The lowest BCUT2D eigenvalue weighted by atomic mass is 10.1. The number of hydrogen-bond acceptors (Lipinski definition) is 1. The number of benzene rings is 1. The number of aryl methyl sites for hydroxylation is 1. The zero-order chi connectivity index (χ0) is 9.68. The summed E-state index contributed by atoms with van der Waals surface area (Å²) in [6, 6.07) is 8.82. The van der Waals surface area contributed by atoms with Gasteiger partial charge in [0.25, 0.3) is 0 Å². The summed E-state index contributed by atoms with van der Waals surface area (Å²) in [6.45, 7) is 4.82. The van der Waals surface area contributed by atoms with E-state index in [1.807, 2.05) is 0 Å². The molecule has 0 aromatic heterocycles. The predicted octanol–water partition coefficient (Wildman–Crippen LogP) is 2.28. The van der Waals surface area contributed by atoms with Crippen LogP contribution in [0.1, 0.15) is 24.1 Å². The summed E-state index contributed by atoms with van der Waals surface area (Å²) in [6.07, 6.45) is 5.17. The van der Waals surface area contributed by atoms with Gasteiger partial charge in [0.15, 0.2) is 0 Å². The van der Waals surface area contributed by atoms with Crippen molar-refractivity contribution < 1.29 is 0 Å².